The molecule has 0 saturated carbocycles. The van der Waals surface area contributed by atoms with Gasteiger partial charge in [-0.15, -0.1) is 11.3 Å². The van der Waals surface area contributed by atoms with E-state index >= 15 is 0 Å². The van der Waals surface area contributed by atoms with Crippen molar-refractivity contribution in [3.05, 3.63) is 176 Å². The molecule has 0 aliphatic carbocycles. The van der Waals surface area contributed by atoms with Gasteiger partial charge in [0.2, 0.25) is 0 Å². The van der Waals surface area contributed by atoms with Gasteiger partial charge >= 0.3 is 0 Å². The summed E-state index contributed by atoms with van der Waals surface area (Å²) in [5.74, 6) is 0. The Hall–Kier alpha value is -6.49. The molecule has 4 aromatic heterocycles. The first-order valence-corrected chi connectivity index (χ1v) is 18.1. The summed E-state index contributed by atoms with van der Waals surface area (Å²) in [6.07, 6.45) is 0. The Morgan fingerprint density at radius 2 is 1.00 bits per heavy atom. The number of hydrogen-bond donors (Lipinski definition) is 0. The summed E-state index contributed by atoms with van der Waals surface area (Å²) < 4.78 is 7.23. The third-order valence-electron chi connectivity index (χ3n) is 10.3. The first kappa shape index (κ1) is 28.4. The second-order valence-corrected chi connectivity index (χ2v) is 14.3. The van der Waals surface area contributed by atoms with Crippen molar-refractivity contribution in [1.29, 1.82) is 0 Å². The van der Waals surface area contributed by atoms with Crippen LogP contribution in [-0.4, -0.2) is 14.0 Å². The number of thiophene rings is 1. The van der Waals surface area contributed by atoms with Crippen LogP contribution < -0.4 is 0 Å². The highest BCUT2D eigenvalue weighted by molar-refractivity contribution is 7.26. The lowest BCUT2D eigenvalue weighted by molar-refractivity contribution is 1.18. The number of para-hydroxylation sites is 4. The van der Waals surface area contributed by atoms with Gasteiger partial charge in [0.05, 0.1) is 32.5 Å². The molecule has 0 unspecified atom stereocenters. The fourth-order valence-electron chi connectivity index (χ4n) is 7.90. The van der Waals surface area contributed by atoms with Crippen LogP contribution in [0.4, 0.5) is 0 Å². The molecule has 11 aromatic rings. The summed E-state index contributed by atoms with van der Waals surface area (Å²) in [5.41, 5.74) is 13.9. The molecular formula is C47H29N3S. The predicted octanol–water partition coefficient (Wildman–Crippen LogP) is 13.0. The maximum absolute atomic E-state index is 5.14. The maximum Gasteiger partial charge on any atom is 0.156 e. The van der Waals surface area contributed by atoms with E-state index in [1.165, 1.54) is 75.5 Å². The minimum Gasteiger partial charge on any atom is -0.309 e. The number of hydrogen-bond acceptors (Lipinski definition) is 2. The number of nitrogens with zero attached hydrogens (tertiary/aromatic N) is 3. The second kappa shape index (κ2) is 11.0. The number of benzene rings is 7. The number of imidazole rings is 1. The highest BCUT2D eigenvalue weighted by Crippen LogP contribution is 2.41. The predicted molar refractivity (Wildman–Crippen MR) is 216 cm³/mol. The zero-order chi connectivity index (χ0) is 33.5. The molecule has 51 heavy (non-hydrogen) atoms. The topological polar surface area (TPSA) is 22.2 Å². The molecule has 11 rings (SSSR count). The smallest absolute Gasteiger partial charge is 0.156 e. The average Bonchev–Trinajstić information content (AvgIpc) is 3.88. The summed E-state index contributed by atoms with van der Waals surface area (Å²) in [6, 6.07) is 63.7. The summed E-state index contributed by atoms with van der Waals surface area (Å²) in [6.45, 7) is 0. The minimum atomic E-state index is 1.01. The molecule has 0 bridgehead atoms. The Morgan fingerprint density at radius 1 is 0.412 bits per heavy atom. The molecule has 4 heteroatoms. The van der Waals surface area contributed by atoms with Gasteiger partial charge in [0, 0.05) is 31.9 Å². The third-order valence-corrected chi connectivity index (χ3v) is 11.5. The van der Waals surface area contributed by atoms with Crippen LogP contribution in [0, 0.1) is 0 Å². The lowest BCUT2D eigenvalue weighted by Gasteiger charge is -2.11. The van der Waals surface area contributed by atoms with Gasteiger partial charge in [0.15, 0.2) is 5.65 Å². The van der Waals surface area contributed by atoms with Gasteiger partial charge in [-0.1, -0.05) is 127 Å². The molecule has 0 radical (unpaired) electrons. The van der Waals surface area contributed by atoms with Crippen LogP contribution in [0.5, 0.6) is 0 Å². The highest BCUT2D eigenvalue weighted by Gasteiger charge is 2.18. The van der Waals surface area contributed by atoms with E-state index < -0.39 is 0 Å². The molecular weight excluding hydrogens is 639 g/mol. The number of aromatic nitrogens is 3. The molecule has 0 amide bonds. The van der Waals surface area contributed by atoms with Gasteiger partial charge in [0.25, 0.3) is 0 Å². The van der Waals surface area contributed by atoms with Gasteiger partial charge in [-0.05, 0) is 76.3 Å². The van der Waals surface area contributed by atoms with E-state index in [2.05, 4.69) is 185 Å². The van der Waals surface area contributed by atoms with E-state index in [4.69, 9.17) is 4.98 Å². The summed E-state index contributed by atoms with van der Waals surface area (Å²) in [7, 11) is 0. The van der Waals surface area contributed by atoms with Crippen LogP contribution in [0.25, 0.3) is 97.9 Å². The van der Waals surface area contributed by atoms with E-state index in [-0.39, 0.29) is 0 Å². The lowest BCUT2D eigenvalue weighted by Crippen LogP contribution is -1.93. The first-order valence-electron chi connectivity index (χ1n) is 17.3. The van der Waals surface area contributed by atoms with E-state index in [1.807, 2.05) is 11.3 Å². The fourth-order valence-corrected chi connectivity index (χ4v) is 9.07. The minimum absolute atomic E-state index is 1.01. The van der Waals surface area contributed by atoms with Crippen molar-refractivity contribution in [1.82, 2.24) is 14.0 Å². The summed E-state index contributed by atoms with van der Waals surface area (Å²) in [5, 5.41) is 5.08. The normalized spacial score (nSPS) is 11.9. The monoisotopic (exact) mass is 667 g/mol. The fraction of sp³-hybridized carbons (Fsp3) is 0. The van der Waals surface area contributed by atoms with Crippen LogP contribution in [0.3, 0.4) is 0 Å². The molecule has 7 aromatic carbocycles. The number of fused-ring (bicyclic) bond motifs is 10. The Bertz CT molecular complexity index is 3110. The zero-order valence-corrected chi connectivity index (χ0v) is 28.3. The Balaban J connectivity index is 0.983. The Labute approximate surface area is 297 Å². The summed E-state index contributed by atoms with van der Waals surface area (Å²) >= 11 is 1.83. The van der Waals surface area contributed by atoms with Crippen molar-refractivity contribution in [3.63, 3.8) is 0 Å². The molecule has 0 aliphatic heterocycles. The van der Waals surface area contributed by atoms with E-state index in [0.29, 0.717) is 0 Å². The van der Waals surface area contributed by atoms with Gasteiger partial charge in [-0.25, -0.2) is 4.98 Å². The van der Waals surface area contributed by atoms with Crippen molar-refractivity contribution in [2.75, 3.05) is 0 Å². The van der Waals surface area contributed by atoms with Crippen LogP contribution in [0.2, 0.25) is 0 Å². The van der Waals surface area contributed by atoms with E-state index in [9.17, 15) is 0 Å². The molecule has 0 atom stereocenters. The molecule has 3 nitrogen and oxygen atoms in total. The molecule has 0 spiro atoms. The molecule has 0 aliphatic rings. The molecule has 4 heterocycles. The van der Waals surface area contributed by atoms with Crippen LogP contribution in [0.1, 0.15) is 0 Å². The molecule has 0 N–H and O–H groups in total. The van der Waals surface area contributed by atoms with E-state index in [1.54, 1.807) is 0 Å². The van der Waals surface area contributed by atoms with Gasteiger partial charge in [0.1, 0.15) is 0 Å². The number of pyridine rings is 1. The van der Waals surface area contributed by atoms with Crippen LogP contribution in [-0.2, 0) is 0 Å². The zero-order valence-electron chi connectivity index (χ0n) is 27.5. The van der Waals surface area contributed by atoms with Gasteiger partial charge in [-0.2, -0.15) is 0 Å². The number of rotatable bonds is 4. The average molecular weight is 668 g/mol. The van der Waals surface area contributed by atoms with Crippen LogP contribution >= 0.6 is 11.3 Å². The Kier molecular flexibility index (Phi) is 6.12. The van der Waals surface area contributed by atoms with Crippen molar-refractivity contribution in [2.24, 2.45) is 0 Å². The quantitative estimate of drug-likeness (QED) is 0.183. The third kappa shape index (κ3) is 4.33. The Morgan fingerprint density at radius 3 is 1.78 bits per heavy atom. The molecule has 0 saturated heterocycles. The van der Waals surface area contributed by atoms with Gasteiger partial charge in [-0.3, -0.25) is 4.40 Å². The second-order valence-electron chi connectivity index (χ2n) is 13.2. The van der Waals surface area contributed by atoms with Gasteiger partial charge < -0.3 is 4.57 Å². The first-order chi connectivity index (χ1) is 25.3. The van der Waals surface area contributed by atoms with Crippen molar-refractivity contribution >= 4 is 70.0 Å². The van der Waals surface area contributed by atoms with Crippen molar-refractivity contribution < 1.29 is 0 Å². The van der Waals surface area contributed by atoms with E-state index in [0.717, 1.165) is 22.4 Å². The lowest BCUT2D eigenvalue weighted by atomic mass is 9.98. The standard InChI is InChI=1S/C47H29N3S/c1-2-10-35(11-3-1)49-41-15-7-4-12-36(41)37-27-26-34(28-44(37)49)32-20-18-30(19-21-32)31-22-24-33(25-23-31)43-29-39-38-13-5-9-17-45(38)51-46(39)47-48-40-14-6-8-16-42(40)50(43)47/h1-29H. The summed E-state index contributed by atoms with van der Waals surface area (Å²) in [4.78, 5) is 5.14. The molecule has 0 fully saturated rings. The van der Waals surface area contributed by atoms with Crippen molar-refractivity contribution in [3.8, 4) is 39.2 Å². The molecule has 238 valence electrons. The van der Waals surface area contributed by atoms with Crippen LogP contribution in [0.15, 0.2) is 176 Å². The van der Waals surface area contributed by atoms with Crippen molar-refractivity contribution in [2.45, 2.75) is 0 Å². The maximum atomic E-state index is 5.14. The highest BCUT2D eigenvalue weighted by atomic mass is 32.1. The SMILES string of the molecule is c1ccc(-n2c3ccccc3c3ccc(-c4ccc(-c5ccc(-c6cc7c8ccccc8sc7c7nc8ccccc8n67)cc5)cc4)cc32)cc1. The largest absolute Gasteiger partial charge is 0.309 e.